The Morgan fingerprint density at radius 2 is 1.58 bits per heavy atom. The number of nitrogens with one attached hydrogen (secondary N) is 1. The summed E-state index contributed by atoms with van der Waals surface area (Å²) < 4.78 is 29.8. The molecular weight excluding hydrogens is 350 g/mol. The zero-order chi connectivity index (χ0) is 19.1. The molecule has 0 fully saturated rings. The van der Waals surface area contributed by atoms with E-state index in [0.717, 1.165) is 22.5 Å². The Balaban J connectivity index is 1.97. The lowest BCUT2D eigenvalue weighted by atomic mass is 10.1. The van der Waals surface area contributed by atoms with Gasteiger partial charge in [-0.3, -0.25) is 4.72 Å². The number of hydrogen-bond acceptors (Lipinski definition) is 5. The zero-order valence-electron chi connectivity index (χ0n) is 15.4. The van der Waals surface area contributed by atoms with Gasteiger partial charge in [-0.15, -0.1) is 0 Å². The molecule has 0 atom stereocenters. The van der Waals surface area contributed by atoms with Gasteiger partial charge < -0.3 is 0 Å². The van der Waals surface area contributed by atoms with Crippen LogP contribution < -0.4 is 4.72 Å². The van der Waals surface area contributed by atoms with E-state index in [4.69, 9.17) is 0 Å². The van der Waals surface area contributed by atoms with E-state index in [9.17, 15) is 8.42 Å². The van der Waals surface area contributed by atoms with Crippen LogP contribution in [0.2, 0.25) is 0 Å². The molecule has 0 aliphatic rings. The lowest BCUT2D eigenvalue weighted by Gasteiger charge is -2.12. The molecule has 8 heteroatoms. The third-order valence-corrected chi connectivity index (χ3v) is 5.70. The van der Waals surface area contributed by atoms with E-state index in [1.165, 1.54) is 6.33 Å². The van der Waals surface area contributed by atoms with E-state index in [0.29, 0.717) is 11.4 Å². The Morgan fingerprint density at radius 1 is 0.885 bits per heavy atom. The Labute approximate surface area is 153 Å². The van der Waals surface area contributed by atoms with Crippen molar-refractivity contribution in [3.05, 3.63) is 58.7 Å². The van der Waals surface area contributed by atoms with Crippen LogP contribution in [0.1, 0.15) is 28.1 Å². The van der Waals surface area contributed by atoms with Crippen LogP contribution >= 0.6 is 0 Å². The van der Waals surface area contributed by atoms with E-state index < -0.39 is 10.0 Å². The topological polar surface area (TPSA) is 89.8 Å². The van der Waals surface area contributed by atoms with Crippen molar-refractivity contribution in [1.82, 2.24) is 19.7 Å². The van der Waals surface area contributed by atoms with Gasteiger partial charge in [-0.05, 0) is 63.4 Å². The van der Waals surface area contributed by atoms with Crippen molar-refractivity contribution < 1.29 is 8.42 Å². The second-order valence-corrected chi connectivity index (χ2v) is 8.06. The van der Waals surface area contributed by atoms with Crippen molar-refractivity contribution >= 4 is 15.8 Å². The second-order valence-electron chi connectivity index (χ2n) is 6.41. The molecule has 136 valence electrons. The van der Waals surface area contributed by atoms with Crippen molar-refractivity contribution in [1.29, 1.82) is 0 Å². The van der Waals surface area contributed by atoms with E-state index in [2.05, 4.69) is 19.8 Å². The van der Waals surface area contributed by atoms with Crippen LogP contribution in [0.3, 0.4) is 0 Å². The quantitative estimate of drug-likeness (QED) is 0.761. The molecule has 26 heavy (non-hydrogen) atoms. The monoisotopic (exact) mass is 371 g/mol. The highest BCUT2D eigenvalue weighted by atomic mass is 32.2. The molecule has 0 saturated heterocycles. The summed E-state index contributed by atoms with van der Waals surface area (Å²) >= 11 is 0. The number of rotatable bonds is 4. The maximum Gasteiger partial charge on any atom is 0.263 e. The van der Waals surface area contributed by atoms with Crippen LogP contribution in [0, 0.1) is 34.6 Å². The van der Waals surface area contributed by atoms with Crippen LogP contribution in [-0.2, 0) is 10.0 Å². The first-order valence-corrected chi connectivity index (χ1v) is 9.62. The van der Waals surface area contributed by atoms with Gasteiger partial charge in [0.1, 0.15) is 12.1 Å². The van der Waals surface area contributed by atoms with Gasteiger partial charge in [0.2, 0.25) is 0 Å². The van der Waals surface area contributed by atoms with Crippen LogP contribution in [0.25, 0.3) is 5.82 Å². The summed E-state index contributed by atoms with van der Waals surface area (Å²) in [6.45, 7) is 9.42. The fourth-order valence-electron chi connectivity index (χ4n) is 2.80. The molecule has 2 heterocycles. The molecule has 0 unspecified atom stereocenters. The molecule has 3 aromatic rings. The number of aromatic nitrogens is 4. The van der Waals surface area contributed by atoms with Crippen molar-refractivity contribution in [2.24, 2.45) is 0 Å². The van der Waals surface area contributed by atoms with Crippen LogP contribution in [0.4, 0.5) is 5.82 Å². The predicted molar refractivity (Wildman–Crippen MR) is 100 cm³/mol. The van der Waals surface area contributed by atoms with Gasteiger partial charge in [0.25, 0.3) is 10.0 Å². The second kappa shape index (κ2) is 6.53. The predicted octanol–water partition coefficient (Wildman–Crippen LogP) is 3.01. The Hall–Kier alpha value is -2.74. The number of aryl methyl sites for hydroxylation is 5. The molecule has 0 spiro atoms. The zero-order valence-corrected chi connectivity index (χ0v) is 16.2. The molecule has 0 radical (unpaired) electrons. The number of sulfonamides is 1. The minimum atomic E-state index is -3.76. The third-order valence-electron chi connectivity index (χ3n) is 4.20. The summed E-state index contributed by atoms with van der Waals surface area (Å²) in [5.41, 5.74) is 4.42. The molecule has 0 saturated carbocycles. The van der Waals surface area contributed by atoms with Crippen LogP contribution in [0.15, 0.2) is 35.5 Å². The van der Waals surface area contributed by atoms with Gasteiger partial charge >= 0.3 is 0 Å². The minimum absolute atomic E-state index is 0.195. The standard InChI is InChI=1S/C18H21N5O2S/c1-11-6-13(3)16(7-12(11)2)26(24,25)22-17-9-18(20-10-19-17)23-15(5)8-14(4)21-23/h6-10H,1-5H3,(H,19,20,22). The summed E-state index contributed by atoms with van der Waals surface area (Å²) in [5, 5.41) is 4.36. The smallest absolute Gasteiger partial charge is 0.263 e. The van der Waals surface area contributed by atoms with Gasteiger partial charge in [-0.25, -0.2) is 23.1 Å². The molecule has 0 bridgehead atoms. The average molecular weight is 371 g/mol. The fourth-order valence-corrected chi connectivity index (χ4v) is 4.11. The highest BCUT2D eigenvalue weighted by Gasteiger charge is 2.19. The fraction of sp³-hybridized carbons (Fsp3) is 0.278. The summed E-state index contributed by atoms with van der Waals surface area (Å²) in [7, 11) is -3.76. The van der Waals surface area contributed by atoms with Gasteiger partial charge in [-0.1, -0.05) is 6.07 Å². The molecule has 0 aliphatic carbocycles. The minimum Gasteiger partial charge on any atom is -0.263 e. The van der Waals surface area contributed by atoms with Gasteiger partial charge in [-0.2, -0.15) is 5.10 Å². The molecule has 1 aromatic carbocycles. The molecule has 3 rings (SSSR count). The number of anilines is 1. The van der Waals surface area contributed by atoms with Crippen molar-refractivity contribution in [3.63, 3.8) is 0 Å². The van der Waals surface area contributed by atoms with E-state index in [-0.39, 0.29) is 10.7 Å². The van der Waals surface area contributed by atoms with Crippen molar-refractivity contribution in [3.8, 4) is 5.82 Å². The maximum absolute atomic E-state index is 12.8. The van der Waals surface area contributed by atoms with E-state index in [1.807, 2.05) is 39.8 Å². The average Bonchev–Trinajstić information content (AvgIpc) is 2.89. The number of benzene rings is 1. The number of nitrogens with zero attached hydrogens (tertiary/aromatic N) is 4. The molecule has 2 aromatic heterocycles. The van der Waals surface area contributed by atoms with E-state index >= 15 is 0 Å². The summed E-state index contributed by atoms with van der Waals surface area (Å²) in [5.74, 6) is 0.695. The van der Waals surface area contributed by atoms with E-state index in [1.54, 1.807) is 23.7 Å². The lowest BCUT2D eigenvalue weighted by molar-refractivity contribution is 0.600. The molecule has 0 aliphatic heterocycles. The molecular formula is C18H21N5O2S. The molecule has 0 amide bonds. The first kappa shape index (κ1) is 18.1. The van der Waals surface area contributed by atoms with Crippen molar-refractivity contribution in [2.45, 2.75) is 39.5 Å². The highest BCUT2D eigenvalue weighted by Crippen LogP contribution is 2.22. The van der Waals surface area contributed by atoms with Crippen LogP contribution in [0.5, 0.6) is 0 Å². The highest BCUT2D eigenvalue weighted by molar-refractivity contribution is 7.92. The summed E-state index contributed by atoms with van der Waals surface area (Å²) in [6, 6.07) is 7.03. The van der Waals surface area contributed by atoms with Gasteiger partial charge in [0.15, 0.2) is 5.82 Å². The Kier molecular flexibility index (Phi) is 4.53. The van der Waals surface area contributed by atoms with Gasteiger partial charge in [0, 0.05) is 11.8 Å². The Bertz CT molecular complexity index is 1090. The largest absolute Gasteiger partial charge is 0.263 e. The summed E-state index contributed by atoms with van der Waals surface area (Å²) in [4.78, 5) is 8.47. The lowest BCUT2D eigenvalue weighted by Crippen LogP contribution is -2.16. The Morgan fingerprint density at radius 3 is 2.23 bits per heavy atom. The maximum atomic E-state index is 12.8. The van der Waals surface area contributed by atoms with Crippen molar-refractivity contribution in [2.75, 3.05) is 4.72 Å². The molecule has 7 nitrogen and oxygen atoms in total. The summed E-state index contributed by atoms with van der Waals surface area (Å²) in [6.07, 6.45) is 1.32. The van der Waals surface area contributed by atoms with Gasteiger partial charge in [0.05, 0.1) is 10.6 Å². The van der Waals surface area contributed by atoms with Crippen LogP contribution in [-0.4, -0.2) is 28.2 Å². The first-order chi connectivity index (χ1) is 12.2. The molecule has 1 N–H and O–H groups in total. The number of hydrogen-bond donors (Lipinski definition) is 1. The third kappa shape index (κ3) is 3.45. The first-order valence-electron chi connectivity index (χ1n) is 8.14. The SMILES string of the molecule is Cc1cc(C)n(-c2cc(NS(=O)(=O)c3cc(C)c(C)cc3C)ncn2)n1. The normalized spacial score (nSPS) is 11.6.